The summed E-state index contributed by atoms with van der Waals surface area (Å²) in [6.07, 6.45) is -0.521. The van der Waals surface area contributed by atoms with Gasteiger partial charge in [0.25, 0.3) is 0 Å². The number of aliphatic hydroxyl groups excluding tert-OH is 1. The minimum atomic E-state index is -0.521. The van der Waals surface area contributed by atoms with Crippen molar-refractivity contribution >= 4 is 12.4 Å². The van der Waals surface area contributed by atoms with Crippen LogP contribution in [0.5, 0.6) is 17.2 Å². The van der Waals surface area contributed by atoms with Gasteiger partial charge in [0.15, 0.2) is 11.5 Å². The first-order valence-electron chi connectivity index (χ1n) is 5.19. The summed E-state index contributed by atoms with van der Waals surface area (Å²) in [6.45, 7) is 1.44. The van der Waals surface area contributed by atoms with Gasteiger partial charge in [-0.3, -0.25) is 0 Å². The molecule has 3 rings (SSSR count). The largest absolute Gasteiger partial charge is 0.493 e. The molecule has 2 heterocycles. The van der Waals surface area contributed by atoms with E-state index in [1.165, 1.54) is 0 Å². The van der Waals surface area contributed by atoms with Gasteiger partial charge in [0, 0.05) is 18.7 Å². The molecule has 6 heteroatoms. The van der Waals surface area contributed by atoms with Gasteiger partial charge in [0.05, 0.1) is 13.2 Å². The minimum absolute atomic E-state index is 0. The Morgan fingerprint density at radius 1 is 1.41 bits per heavy atom. The Kier molecular flexibility index (Phi) is 3.33. The van der Waals surface area contributed by atoms with E-state index in [1.807, 2.05) is 6.07 Å². The second-order valence-electron chi connectivity index (χ2n) is 3.86. The zero-order chi connectivity index (χ0) is 11.1. The lowest BCUT2D eigenvalue weighted by Crippen LogP contribution is -2.28. The average Bonchev–Trinajstić information content (AvgIpc) is 2.78. The highest BCUT2D eigenvalue weighted by Gasteiger charge is 2.30. The fourth-order valence-electron chi connectivity index (χ4n) is 2.19. The van der Waals surface area contributed by atoms with Crippen LogP contribution in [-0.2, 0) is 6.54 Å². The molecule has 2 aliphatic heterocycles. The van der Waals surface area contributed by atoms with Gasteiger partial charge in [0.1, 0.15) is 0 Å². The quantitative estimate of drug-likeness (QED) is 0.787. The van der Waals surface area contributed by atoms with Crippen molar-refractivity contribution in [1.82, 2.24) is 5.32 Å². The molecule has 94 valence electrons. The standard InChI is InChI=1S/C11H13NO4.ClH/c1-14-9-2-6-7(3-12-4-8(6)13)10-11(9)16-5-15-10;/h2,8,12-13H,3-5H2,1H3;1H. The van der Waals surface area contributed by atoms with Crippen molar-refractivity contribution in [3.63, 3.8) is 0 Å². The van der Waals surface area contributed by atoms with E-state index in [9.17, 15) is 5.11 Å². The molecule has 0 spiro atoms. The van der Waals surface area contributed by atoms with Crippen molar-refractivity contribution in [2.45, 2.75) is 12.6 Å². The van der Waals surface area contributed by atoms with Crippen molar-refractivity contribution in [1.29, 1.82) is 0 Å². The number of halogens is 1. The van der Waals surface area contributed by atoms with Crippen molar-refractivity contribution < 1.29 is 19.3 Å². The van der Waals surface area contributed by atoms with E-state index < -0.39 is 6.10 Å². The summed E-state index contributed by atoms with van der Waals surface area (Å²) in [6, 6.07) is 1.83. The summed E-state index contributed by atoms with van der Waals surface area (Å²) in [5.41, 5.74) is 1.83. The number of fused-ring (bicyclic) bond motifs is 3. The summed E-state index contributed by atoms with van der Waals surface area (Å²) in [5, 5.41) is 13.0. The molecule has 1 atom stereocenters. The first-order valence-corrected chi connectivity index (χ1v) is 5.19. The fourth-order valence-corrected chi connectivity index (χ4v) is 2.19. The predicted molar refractivity (Wildman–Crippen MR) is 63.0 cm³/mol. The molecule has 1 unspecified atom stereocenters. The Morgan fingerprint density at radius 2 is 2.18 bits per heavy atom. The molecule has 0 aliphatic carbocycles. The maximum absolute atomic E-state index is 9.90. The van der Waals surface area contributed by atoms with Crippen LogP contribution in [-0.4, -0.2) is 25.6 Å². The molecule has 0 saturated heterocycles. The Morgan fingerprint density at radius 3 is 2.94 bits per heavy atom. The van der Waals surface area contributed by atoms with E-state index in [4.69, 9.17) is 14.2 Å². The number of β-amino-alcohol motifs (C(OH)–C–C–N with tert-alkyl or cyclic N) is 1. The van der Waals surface area contributed by atoms with Gasteiger partial charge in [-0.2, -0.15) is 0 Å². The van der Waals surface area contributed by atoms with Gasteiger partial charge in [-0.15, -0.1) is 12.4 Å². The second-order valence-corrected chi connectivity index (χ2v) is 3.86. The number of rotatable bonds is 1. The Balaban J connectivity index is 0.00000108. The van der Waals surface area contributed by atoms with Gasteiger partial charge >= 0.3 is 0 Å². The lowest BCUT2D eigenvalue weighted by Gasteiger charge is -2.24. The van der Waals surface area contributed by atoms with Gasteiger partial charge < -0.3 is 24.6 Å². The SMILES string of the molecule is COc1cc2c(c3c1OCO3)CNCC2O.Cl. The minimum Gasteiger partial charge on any atom is -0.493 e. The van der Waals surface area contributed by atoms with Crippen LogP contribution in [0, 0.1) is 0 Å². The molecule has 1 aromatic carbocycles. The Hall–Kier alpha value is -1.17. The maximum Gasteiger partial charge on any atom is 0.231 e. The van der Waals surface area contributed by atoms with Crippen molar-refractivity contribution in [3.05, 3.63) is 17.2 Å². The van der Waals surface area contributed by atoms with Crippen molar-refractivity contribution in [3.8, 4) is 17.2 Å². The van der Waals surface area contributed by atoms with E-state index in [0.717, 1.165) is 11.1 Å². The van der Waals surface area contributed by atoms with Crippen LogP contribution in [0.25, 0.3) is 0 Å². The van der Waals surface area contributed by atoms with Crippen LogP contribution >= 0.6 is 12.4 Å². The molecule has 0 fully saturated rings. The number of benzene rings is 1. The van der Waals surface area contributed by atoms with Gasteiger partial charge in [-0.25, -0.2) is 0 Å². The van der Waals surface area contributed by atoms with Crippen LogP contribution in [0.4, 0.5) is 0 Å². The number of aliphatic hydroxyl groups is 1. The molecule has 0 bridgehead atoms. The van der Waals surface area contributed by atoms with E-state index in [1.54, 1.807) is 7.11 Å². The number of methoxy groups -OCH3 is 1. The molecule has 2 aliphatic rings. The van der Waals surface area contributed by atoms with Gasteiger partial charge in [-0.1, -0.05) is 0 Å². The predicted octanol–water partition coefficient (Wildman–Crippen LogP) is 0.982. The van der Waals surface area contributed by atoms with Gasteiger partial charge in [-0.05, 0) is 11.6 Å². The second kappa shape index (κ2) is 4.60. The van der Waals surface area contributed by atoms with Crippen LogP contribution in [0.1, 0.15) is 17.2 Å². The smallest absolute Gasteiger partial charge is 0.231 e. The number of nitrogens with one attached hydrogen (secondary N) is 1. The molecule has 1 aromatic rings. The lowest BCUT2D eigenvalue weighted by atomic mass is 9.97. The van der Waals surface area contributed by atoms with Crippen molar-refractivity contribution in [2.75, 3.05) is 20.4 Å². The molecule has 5 nitrogen and oxygen atoms in total. The highest BCUT2D eigenvalue weighted by atomic mass is 35.5. The van der Waals surface area contributed by atoms with Crippen molar-refractivity contribution in [2.24, 2.45) is 0 Å². The van der Waals surface area contributed by atoms with Crippen LogP contribution in [0.2, 0.25) is 0 Å². The molecular formula is C11H14ClNO4. The normalized spacial score (nSPS) is 20.5. The monoisotopic (exact) mass is 259 g/mol. The van der Waals surface area contributed by atoms with Gasteiger partial charge in [0.2, 0.25) is 12.5 Å². The third-order valence-corrected chi connectivity index (χ3v) is 2.96. The van der Waals surface area contributed by atoms with E-state index in [0.29, 0.717) is 30.3 Å². The summed E-state index contributed by atoms with van der Waals surface area (Å²) in [7, 11) is 1.58. The molecule has 0 amide bonds. The first kappa shape index (κ1) is 12.3. The van der Waals surface area contributed by atoms with E-state index in [2.05, 4.69) is 5.32 Å². The highest BCUT2D eigenvalue weighted by molar-refractivity contribution is 5.85. The zero-order valence-electron chi connectivity index (χ0n) is 9.36. The number of ether oxygens (including phenoxy) is 3. The average molecular weight is 260 g/mol. The third kappa shape index (κ3) is 1.80. The van der Waals surface area contributed by atoms with E-state index in [-0.39, 0.29) is 19.2 Å². The highest BCUT2D eigenvalue weighted by Crippen LogP contribution is 2.47. The maximum atomic E-state index is 9.90. The molecule has 0 saturated carbocycles. The van der Waals surface area contributed by atoms with E-state index >= 15 is 0 Å². The molecule has 2 N–H and O–H groups in total. The molecule has 0 aromatic heterocycles. The third-order valence-electron chi connectivity index (χ3n) is 2.96. The summed E-state index contributed by atoms with van der Waals surface area (Å²) in [5.74, 6) is 1.95. The lowest BCUT2D eigenvalue weighted by molar-refractivity contribution is 0.160. The summed E-state index contributed by atoms with van der Waals surface area (Å²) in [4.78, 5) is 0. The Labute approximate surface area is 105 Å². The Bertz CT molecular complexity index is 438. The molecule has 0 radical (unpaired) electrons. The number of hydrogen-bond acceptors (Lipinski definition) is 5. The first-order chi connectivity index (χ1) is 7.81. The topological polar surface area (TPSA) is 60.0 Å². The van der Waals surface area contributed by atoms with Crippen LogP contribution in [0.15, 0.2) is 6.07 Å². The molecular weight excluding hydrogens is 246 g/mol. The summed E-state index contributed by atoms with van der Waals surface area (Å²) >= 11 is 0. The fraction of sp³-hybridized carbons (Fsp3) is 0.455. The number of hydrogen-bond donors (Lipinski definition) is 2. The van der Waals surface area contributed by atoms with Crippen LogP contribution in [0.3, 0.4) is 0 Å². The molecule has 17 heavy (non-hydrogen) atoms. The van der Waals surface area contributed by atoms with Crippen LogP contribution < -0.4 is 19.5 Å². The summed E-state index contributed by atoms with van der Waals surface area (Å²) < 4.78 is 16.0. The zero-order valence-corrected chi connectivity index (χ0v) is 10.2.